The summed E-state index contributed by atoms with van der Waals surface area (Å²) in [5.74, 6) is 0.347. The molecule has 2 amide bonds. The van der Waals surface area contributed by atoms with Crippen LogP contribution in [-0.2, 0) is 16.1 Å². The number of nitrogens with one attached hydrogen (secondary N) is 2. The van der Waals surface area contributed by atoms with Gasteiger partial charge >= 0.3 is 0 Å². The lowest BCUT2D eigenvalue weighted by atomic mass is 10.1. The van der Waals surface area contributed by atoms with E-state index in [4.69, 9.17) is 9.15 Å². The Hall–Kier alpha value is -2.87. The molecule has 2 N–H and O–H groups in total. The van der Waals surface area contributed by atoms with E-state index in [1.807, 2.05) is 11.0 Å². The van der Waals surface area contributed by atoms with E-state index in [-0.39, 0.29) is 18.2 Å². The van der Waals surface area contributed by atoms with Crippen LogP contribution >= 0.6 is 0 Å². The van der Waals surface area contributed by atoms with Gasteiger partial charge in [-0.05, 0) is 18.2 Å². The van der Waals surface area contributed by atoms with Gasteiger partial charge < -0.3 is 19.8 Å². The van der Waals surface area contributed by atoms with E-state index in [1.54, 1.807) is 37.1 Å². The minimum atomic E-state index is -0.488. The smallest absolute Gasteiger partial charge is 0.237 e. The van der Waals surface area contributed by atoms with Crippen LogP contribution in [0.4, 0.5) is 0 Å². The first-order chi connectivity index (χ1) is 12.7. The van der Waals surface area contributed by atoms with Crippen LogP contribution in [0, 0.1) is 0 Å². The SMILES string of the molecule is O=C(CC1C(=O)NCCN1Cc1ccoc1)NCCOc1cccnc1. The fourth-order valence-electron chi connectivity index (χ4n) is 2.83. The number of nitrogens with zero attached hydrogens (tertiary/aromatic N) is 2. The number of ether oxygens (including phenoxy) is 1. The molecule has 1 aliphatic rings. The average Bonchev–Trinajstić information content (AvgIpc) is 3.16. The molecule has 138 valence electrons. The minimum absolute atomic E-state index is 0.108. The van der Waals surface area contributed by atoms with Crippen molar-refractivity contribution in [2.75, 3.05) is 26.2 Å². The van der Waals surface area contributed by atoms with Gasteiger partial charge in [-0.15, -0.1) is 0 Å². The fraction of sp³-hybridized carbons (Fsp3) is 0.389. The largest absolute Gasteiger partial charge is 0.490 e. The summed E-state index contributed by atoms with van der Waals surface area (Å²) in [5.41, 5.74) is 0.981. The number of hydrogen-bond donors (Lipinski definition) is 2. The molecular formula is C18H22N4O4. The van der Waals surface area contributed by atoms with Crippen molar-refractivity contribution in [3.63, 3.8) is 0 Å². The summed E-state index contributed by atoms with van der Waals surface area (Å²) in [4.78, 5) is 30.4. The Labute approximate surface area is 151 Å². The van der Waals surface area contributed by atoms with Crippen molar-refractivity contribution in [2.45, 2.75) is 19.0 Å². The van der Waals surface area contributed by atoms with Crippen LogP contribution in [0.15, 0.2) is 47.5 Å². The zero-order valence-corrected chi connectivity index (χ0v) is 14.4. The van der Waals surface area contributed by atoms with Gasteiger partial charge in [0.25, 0.3) is 0 Å². The van der Waals surface area contributed by atoms with Gasteiger partial charge in [-0.2, -0.15) is 0 Å². The molecule has 1 aliphatic heterocycles. The van der Waals surface area contributed by atoms with E-state index in [9.17, 15) is 9.59 Å². The van der Waals surface area contributed by atoms with Crippen LogP contribution < -0.4 is 15.4 Å². The summed E-state index contributed by atoms with van der Waals surface area (Å²) in [7, 11) is 0. The second-order valence-electron chi connectivity index (χ2n) is 6.00. The van der Waals surface area contributed by atoms with Crippen LogP contribution in [0.1, 0.15) is 12.0 Å². The van der Waals surface area contributed by atoms with Crippen molar-refractivity contribution < 1.29 is 18.7 Å². The average molecular weight is 358 g/mol. The highest BCUT2D eigenvalue weighted by Crippen LogP contribution is 2.14. The van der Waals surface area contributed by atoms with Crippen LogP contribution in [0.5, 0.6) is 5.75 Å². The molecule has 0 aromatic carbocycles. The fourth-order valence-corrected chi connectivity index (χ4v) is 2.83. The van der Waals surface area contributed by atoms with Gasteiger partial charge in [-0.1, -0.05) is 0 Å². The van der Waals surface area contributed by atoms with Crippen molar-refractivity contribution in [1.82, 2.24) is 20.5 Å². The van der Waals surface area contributed by atoms with Crippen molar-refractivity contribution in [3.05, 3.63) is 48.7 Å². The maximum atomic E-state index is 12.2. The molecule has 0 bridgehead atoms. The van der Waals surface area contributed by atoms with Crippen LogP contribution in [-0.4, -0.2) is 54.0 Å². The van der Waals surface area contributed by atoms with Gasteiger partial charge in [0.15, 0.2) is 0 Å². The topological polar surface area (TPSA) is 96.7 Å². The third kappa shape index (κ3) is 5.06. The standard InChI is InChI=1S/C18H22N4O4/c23-17(20-6-9-26-15-2-1-4-19-11-15)10-16-18(24)21-5-7-22(16)12-14-3-8-25-13-14/h1-4,8,11,13,16H,5-7,9-10,12H2,(H,20,23)(H,21,24). The first-order valence-corrected chi connectivity index (χ1v) is 8.55. The zero-order chi connectivity index (χ0) is 18.2. The predicted octanol–water partition coefficient (Wildman–Crippen LogP) is 0.560. The summed E-state index contributed by atoms with van der Waals surface area (Å²) in [5, 5.41) is 5.61. The highest BCUT2D eigenvalue weighted by molar-refractivity contribution is 5.88. The Morgan fingerprint density at radius 3 is 3.15 bits per heavy atom. The molecule has 1 fully saturated rings. The van der Waals surface area contributed by atoms with Crippen LogP contribution in [0.3, 0.4) is 0 Å². The van der Waals surface area contributed by atoms with Crippen molar-refractivity contribution in [1.29, 1.82) is 0 Å². The van der Waals surface area contributed by atoms with Gasteiger partial charge in [-0.3, -0.25) is 19.5 Å². The Kier molecular flexibility index (Phi) is 6.21. The number of carbonyl (C=O) groups excluding carboxylic acids is 2. The van der Waals surface area contributed by atoms with Crippen LogP contribution in [0.2, 0.25) is 0 Å². The molecular weight excluding hydrogens is 336 g/mol. The predicted molar refractivity (Wildman–Crippen MR) is 93.3 cm³/mol. The Morgan fingerprint density at radius 2 is 2.38 bits per heavy atom. The molecule has 3 rings (SSSR count). The van der Waals surface area contributed by atoms with Crippen molar-refractivity contribution >= 4 is 11.8 Å². The third-order valence-corrected chi connectivity index (χ3v) is 4.11. The van der Waals surface area contributed by atoms with Crippen LogP contribution in [0.25, 0.3) is 0 Å². The first kappa shape index (κ1) is 17.9. The molecule has 0 saturated carbocycles. The Morgan fingerprint density at radius 1 is 1.46 bits per heavy atom. The highest BCUT2D eigenvalue weighted by atomic mass is 16.5. The number of furan rings is 1. The van der Waals surface area contributed by atoms with Crippen molar-refractivity contribution in [3.8, 4) is 5.75 Å². The lowest BCUT2D eigenvalue weighted by molar-refractivity contribution is -0.134. The summed E-state index contributed by atoms with van der Waals surface area (Å²) in [6, 6.07) is 4.95. The Bertz CT molecular complexity index is 705. The summed E-state index contributed by atoms with van der Waals surface area (Å²) < 4.78 is 10.6. The maximum Gasteiger partial charge on any atom is 0.237 e. The number of hydrogen-bond acceptors (Lipinski definition) is 6. The highest BCUT2D eigenvalue weighted by Gasteiger charge is 2.31. The molecule has 2 aromatic heterocycles. The molecule has 1 unspecified atom stereocenters. The minimum Gasteiger partial charge on any atom is -0.490 e. The van der Waals surface area contributed by atoms with Crippen molar-refractivity contribution in [2.24, 2.45) is 0 Å². The van der Waals surface area contributed by atoms with E-state index < -0.39 is 6.04 Å². The molecule has 1 saturated heterocycles. The molecule has 0 radical (unpaired) electrons. The van der Waals surface area contributed by atoms with Gasteiger partial charge in [0, 0.05) is 31.4 Å². The molecule has 1 atom stereocenters. The third-order valence-electron chi connectivity index (χ3n) is 4.11. The first-order valence-electron chi connectivity index (χ1n) is 8.55. The Balaban J connectivity index is 1.45. The van der Waals surface area contributed by atoms with Gasteiger partial charge in [0.1, 0.15) is 12.4 Å². The number of aromatic nitrogens is 1. The van der Waals surface area contributed by atoms with E-state index in [1.165, 1.54) is 0 Å². The summed E-state index contributed by atoms with van der Waals surface area (Å²) in [6.07, 6.45) is 6.64. The lowest BCUT2D eigenvalue weighted by Crippen LogP contribution is -2.56. The number of carbonyl (C=O) groups is 2. The van der Waals surface area contributed by atoms with Gasteiger partial charge in [0.05, 0.1) is 37.7 Å². The number of pyridine rings is 1. The molecule has 2 aromatic rings. The maximum absolute atomic E-state index is 12.2. The van der Waals surface area contributed by atoms with E-state index >= 15 is 0 Å². The summed E-state index contributed by atoms with van der Waals surface area (Å²) in [6.45, 7) is 2.55. The zero-order valence-electron chi connectivity index (χ0n) is 14.4. The second-order valence-corrected chi connectivity index (χ2v) is 6.00. The molecule has 3 heterocycles. The molecule has 8 nitrogen and oxygen atoms in total. The lowest BCUT2D eigenvalue weighted by Gasteiger charge is -2.34. The number of amides is 2. The molecule has 0 spiro atoms. The summed E-state index contributed by atoms with van der Waals surface area (Å²) >= 11 is 0. The molecule has 8 heteroatoms. The van der Waals surface area contributed by atoms with Gasteiger partial charge in [-0.25, -0.2) is 0 Å². The van der Waals surface area contributed by atoms with E-state index in [0.717, 1.165) is 5.56 Å². The van der Waals surface area contributed by atoms with Gasteiger partial charge in [0.2, 0.25) is 11.8 Å². The quantitative estimate of drug-likeness (QED) is 0.670. The van der Waals surface area contributed by atoms with E-state index in [2.05, 4.69) is 15.6 Å². The molecule has 26 heavy (non-hydrogen) atoms. The number of rotatable bonds is 8. The molecule has 0 aliphatic carbocycles. The monoisotopic (exact) mass is 358 g/mol. The number of piperazine rings is 1. The normalized spacial score (nSPS) is 17.5. The van der Waals surface area contributed by atoms with E-state index in [0.29, 0.717) is 38.5 Å². The second kappa shape index (κ2) is 9.00.